The second kappa shape index (κ2) is 8.26. The van der Waals surface area contributed by atoms with Crippen LogP contribution < -0.4 is 10.2 Å². The largest absolute Gasteiger partial charge is 0.350 e. The Morgan fingerprint density at radius 1 is 1.00 bits per heavy atom. The summed E-state index contributed by atoms with van der Waals surface area (Å²) >= 11 is 0. The third-order valence-electron chi connectivity index (χ3n) is 7.28. The van der Waals surface area contributed by atoms with Crippen molar-refractivity contribution in [2.75, 3.05) is 4.90 Å². The van der Waals surface area contributed by atoms with E-state index in [1.807, 2.05) is 25.1 Å². The average Bonchev–Trinajstić information content (AvgIpc) is 3.35. The third-order valence-corrected chi connectivity index (χ3v) is 7.28. The fraction of sp³-hybridized carbons (Fsp3) is 0.250. The number of carbonyl (C=O) groups is 2. The molecule has 36 heavy (non-hydrogen) atoms. The molecule has 8 heteroatoms. The van der Waals surface area contributed by atoms with Crippen molar-refractivity contribution in [3.05, 3.63) is 90.1 Å². The van der Waals surface area contributed by atoms with Gasteiger partial charge in [-0.2, -0.15) is 5.10 Å². The summed E-state index contributed by atoms with van der Waals surface area (Å²) in [6, 6.07) is 16.7. The first-order valence-electron chi connectivity index (χ1n) is 11.9. The zero-order chi connectivity index (χ0) is 25.0. The van der Waals surface area contributed by atoms with Crippen LogP contribution in [0.4, 0.5) is 14.5 Å². The zero-order valence-corrected chi connectivity index (χ0v) is 19.6. The van der Waals surface area contributed by atoms with Gasteiger partial charge in [0.15, 0.2) is 0 Å². The minimum absolute atomic E-state index is 0.0698. The van der Waals surface area contributed by atoms with Gasteiger partial charge in [0, 0.05) is 22.9 Å². The van der Waals surface area contributed by atoms with Crippen LogP contribution in [-0.4, -0.2) is 27.6 Å². The molecule has 1 aliphatic carbocycles. The number of nitrogens with zero attached hydrogens (tertiary/aromatic N) is 3. The van der Waals surface area contributed by atoms with E-state index in [1.54, 1.807) is 40.0 Å². The highest BCUT2D eigenvalue weighted by molar-refractivity contribution is 6.00. The molecule has 1 saturated carbocycles. The number of benzene rings is 3. The first-order chi connectivity index (χ1) is 17.3. The Bertz CT molecular complexity index is 1490. The number of amides is 2. The lowest BCUT2D eigenvalue weighted by molar-refractivity contribution is -0.126. The van der Waals surface area contributed by atoms with Crippen LogP contribution in [0, 0.1) is 17.0 Å². The molecule has 0 radical (unpaired) electrons. The number of carbonyl (C=O) groups excluding carboxylic acids is 2. The molecule has 2 atom stereocenters. The number of hydrogen-bond acceptors (Lipinski definition) is 3. The molecule has 2 aliphatic rings. The van der Waals surface area contributed by atoms with Gasteiger partial charge in [-0.15, -0.1) is 0 Å². The molecule has 3 aromatic carbocycles. The van der Waals surface area contributed by atoms with Crippen LogP contribution in [0.3, 0.4) is 0 Å². The SMILES string of the molecule is CC1(C(=O)NC2CC(=O)N(c3ccc4c(cnn4-c4ccc(F)cc4)c3)C2c2cccc(F)c2)CC1. The van der Waals surface area contributed by atoms with Gasteiger partial charge in [0.25, 0.3) is 0 Å². The molecule has 2 heterocycles. The van der Waals surface area contributed by atoms with Gasteiger partial charge in [0.05, 0.1) is 29.5 Å². The number of halogens is 2. The zero-order valence-electron chi connectivity index (χ0n) is 19.6. The van der Waals surface area contributed by atoms with Crippen LogP contribution in [-0.2, 0) is 9.59 Å². The molecule has 1 aromatic heterocycles. The first-order valence-corrected chi connectivity index (χ1v) is 11.9. The summed E-state index contributed by atoms with van der Waals surface area (Å²) in [6.07, 6.45) is 3.45. The van der Waals surface area contributed by atoms with Gasteiger partial charge < -0.3 is 10.2 Å². The van der Waals surface area contributed by atoms with Crippen molar-refractivity contribution in [2.45, 2.75) is 38.3 Å². The van der Waals surface area contributed by atoms with Crippen LogP contribution in [0.1, 0.15) is 37.8 Å². The lowest BCUT2D eigenvalue weighted by atomic mass is 9.98. The van der Waals surface area contributed by atoms with Crippen molar-refractivity contribution < 1.29 is 18.4 Å². The van der Waals surface area contributed by atoms with E-state index in [1.165, 1.54) is 24.3 Å². The van der Waals surface area contributed by atoms with Gasteiger partial charge in [-0.05, 0) is 73.0 Å². The molecule has 4 aromatic rings. The summed E-state index contributed by atoms with van der Waals surface area (Å²) in [5.74, 6) is -0.951. The molecule has 2 amide bonds. The Labute approximate surface area is 206 Å². The fourth-order valence-electron chi connectivity index (χ4n) is 4.96. The minimum atomic E-state index is -0.552. The molecule has 2 unspecified atom stereocenters. The summed E-state index contributed by atoms with van der Waals surface area (Å²) in [4.78, 5) is 27.8. The average molecular weight is 487 g/mol. The van der Waals surface area contributed by atoms with Gasteiger partial charge in [0.1, 0.15) is 11.6 Å². The van der Waals surface area contributed by atoms with Gasteiger partial charge >= 0.3 is 0 Å². The van der Waals surface area contributed by atoms with E-state index in [2.05, 4.69) is 10.4 Å². The van der Waals surface area contributed by atoms with E-state index in [4.69, 9.17) is 0 Å². The van der Waals surface area contributed by atoms with Crippen LogP contribution in [0.15, 0.2) is 72.9 Å². The smallest absolute Gasteiger partial charge is 0.229 e. The Kier molecular flexibility index (Phi) is 5.14. The van der Waals surface area contributed by atoms with E-state index in [0.29, 0.717) is 16.9 Å². The molecule has 1 aliphatic heterocycles. The third kappa shape index (κ3) is 3.82. The maximum absolute atomic E-state index is 14.2. The van der Waals surface area contributed by atoms with Crippen molar-refractivity contribution in [1.29, 1.82) is 0 Å². The molecule has 6 nitrogen and oxygen atoms in total. The summed E-state index contributed by atoms with van der Waals surface area (Å²) in [7, 11) is 0. The van der Waals surface area contributed by atoms with Crippen molar-refractivity contribution >= 4 is 28.4 Å². The van der Waals surface area contributed by atoms with Crippen molar-refractivity contribution in [3.63, 3.8) is 0 Å². The van der Waals surface area contributed by atoms with Crippen molar-refractivity contribution in [2.24, 2.45) is 5.41 Å². The monoisotopic (exact) mass is 486 g/mol. The molecule has 2 fully saturated rings. The van der Waals surface area contributed by atoms with E-state index >= 15 is 0 Å². The predicted octanol–water partition coefficient (Wildman–Crippen LogP) is 5.07. The van der Waals surface area contributed by atoms with Crippen molar-refractivity contribution in [3.8, 4) is 5.69 Å². The van der Waals surface area contributed by atoms with E-state index in [0.717, 1.165) is 23.7 Å². The maximum atomic E-state index is 14.2. The number of nitrogens with one attached hydrogen (secondary N) is 1. The van der Waals surface area contributed by atoms with Gasteiger partial charge in [-0.3, -0.25) is 9.59 Å². The van der Waals surface area contributed by atoms with Gasteiger partial charge in [0.2, 0.25) is 11.8 Å². The van der Waals surface area contributed by atoms with E-state index < -0.39 is 23.3 Å². The van der Waals surface area contributed by atoms with E-state index in [9.17, 15) is 18.4 Å². The number of fused-ring (bicyclic) bond motifs is 1. The fourth-order valence-corrected chi connectivity index (χ4v) is 4.96. The van der Waals surface area contributed by atoms with Gasteiger partial charge in [-0.25, -0.2) is 13.5 Å². The Hall–Kier alpha value is -4.07. The lowest BCUT2D eigenvalue weighted by Gasteiger charge is -2.30. The molecule has 0 spiro atoms. The van der Waals surface area contributed by atoms with Crippen LogP contribution >= 0.6 is 0 Å². The Morgan fingerprint density at radius 3 is 2.47 bits per heavy atom. The van der Waals surface area contributed by atoms with E-state index in [-0.39, 0.29) is 24.1 Å². The number of aromatic nitrogens is 2. The summed E-state index contributed by atoms with van der Waals surface area (Å²) < 4.78 is 29.3. The molecular weight excluding hydrogens is 462 g/mol. The molecule has 6 rings (SSSR count). The second-order valence-corrected chi connectivity index (χ2v) is 9.88. The highest BCUT2D eigenvalue weighted by Gasteiger charge is 2.49. The summed E-state index contributed by atoms with van der Waals surface area (Å²) in [5, 5.41) is 8.31. The normalized spacial score (nSPS) is 20.6. The van der Waals surface area contributed by atoms with Crippen molar-refractivity contribution in [1.82, 2.24) is 15.1 Å². The number of hydrogen-bond donors (Lipinski definition) is 1. The van der Waals surface area contributed by atoms with Crippen LogP contribution in [0.25, 0.3) is 16.6 Å². The predicted molar refractivity (Wildman–Crippen MR) is 132 cm³/mol. The standard InChI is InChI=1S/C28H24F2N4O2/c1-28(11-12-28)27(36)32-23-15-25(35)33(26(23)17-3-2-4-20(30)13-17)22-9-10-24-18(14-22)16-31-34(24)21-7-5-19(29)6-8-21/h2-10,13-14,16,23,26H,11-12,15H2,1H3,(H,32,36). The summed E-state index contributed by atoms with van der Waals surface area (Å²) in [5.41, 5.74) is 2.37. The second-order valence-electron chi connectivity index (χ2n) is 9.88. The summed E-state index contributed by atoms with van der Waals surface area (Å²) in [6.45, 7) is 1.92. The molecule has 182 valence electrons. The van der Waals surface area contributed by atoms with Gasteiger partial charge in [-0.1, -0.05) is 19.1 Å². The highest BCUT2D eigenvalue weighted by Crippen LogP contribution is 2.46. The Morgan fingerprint density at radius 2 is 1.75 bits per heavy atom. The molecule has 1 saturated heterocycles. The number of anilines is 1. The first kappa shape index (κ1) is 22.4. The molecule has 1 N–H and O–H groups in total. The van der Waals surface area contributed by atoms with Crippen LogP contribution in [0.5, 0.6) is 0 Å². The lowest BCUT2D eigenvalue weighted by Crippen LogP contribution is -2.42. The minimum Gasteiger partial charge on any atom is -0.350 e. The topological polar surface area (TPSA) is 67.2 Å². The molecule has 0 bridgehead atoms. The molecular formula is C28H24F2N4O2. The highest BCUT2D eigenvalue weighted by atomic mass is 19.1. The van der Waals surface area contributed by atoms with Crippen LogP contribution in [0.2, 0.25) is 0 Å². The maximum Gasteiger partial charge on any atom is 0.229 e. The Balaban J connectivity index is 1.39. The quantitative estimate of drug-likeness (QED) is 0.429. The number of rotatable bonds is 5.